The number of rotatable bonds is 8. The fourth-order valence-corrected chi connectivity index (χ4v) is 4.07. The molecule has 8 nitrogen and oxygen atoms in total. The Morgan fingerprint density at radius 2 is 1.82 bits per heavy atom. The van der Waals surface area contributed by atoms with E-state index in [4.69, 9.17) is 15.2 Å². The third-order valence-electron chi connectivity index (χ3n) is 4.74. The van der Waals surface area contributed by atoms with Crippen molar-refractivity contribution in [2.24, 2.45) is 5.73 Å². The van der Waals surface area contributed by atoms with E-state index < -0.39 is 11.8 Å². The highest BCUT2D eigenvalue weighted by Gasteiger charge is 2.25. The van der Waals surface area contributed by atoms with Gasteiger partial charge >= 0.3 is 0 Å². The summed E-state index contributed by atoms with van der Waals surface area (Å²) < 4.78 is 10.7. The van der Waals surface area contributed by atoms with Crippen LogP contribution in [0.4, 0.5) is 5.69 Å². The van der Waals surface area contributed by atoms with Crippen LogP contribution in [0, 0.1) is 18.3 Å². The number of carbonyl (C=O) groups excluding carboxylic acids is 2. The molecule has 2 aromatic carbocycles. The van der Waals surface area contributed by atoms with Gasteiger partial charge in [0.1, 0.15) is 11.1 Å². The van der Waals surface area contributed by atoms with Crippen LogP contribution in [0.2, 0.25) is 0 Å². The SMILES string of the molecule is COc1ccc(-c2c(C#N)c(SCC(N)=O)nc(C)c2C(=O)Nc2ccccc2)cc1OC. The Balaban J connectivity index is 2.25. The maximum Gasteiger partial charge on any atom is 0.258 e. The number of aromatic nitrogens is 1. The summed E-state index contributed by atoms with van der Waals surface area (Å²) in [5, 5.41) is 13.2. The van der Waals surface area contributed by atoms with Gasteiger partial charge in [-0.2, -0.15) is 5.26 Å². The van der Waals surface area contributed by atoms with Crippen LogP contribution >= 0.6 is 11.8 Å². The summed E-state index contributed by atoms with van der Waals surface area (Å²) >= 11 is 1.05. The molecule has 0 fully saturated rings. The van der Waals surface area contributed by atoms with Crippen LogP contribution in [0.15, 0.2) is 53.6 Å². The van der Waals surface area contributed by atoms with E-state index in [9.17, 15) is 14.9 Å². The first-order chi connectivity index (χ1) is 15.9. The van der Waals surface area contributed by atoms with Crippen LogP contribution in [0.1, 0.15) is 21.6 Å². The lowest BCUT2D eigenvalue weighted by molar-refractivity contribution is -0.115. The number of nitrogens with zero attached hydrogens (tertiary/aromatic N) is 2. The van der Waals surface area contributed by atoms with Gasteiger partial charge in [0, 0.05) is 11.3 Å². The van der Waals surface area contributed by atoms with Crippen LogP contribution in [0.3, 0.4) is 0 Å². The zero-order chi connectivity index (χ0) is 24.0. The van der Waals surface area contributed by atoms with E-state index in [1.165, 1.54) is 14.2 Å². The Labute approximate surface area is 195 Å². The zero-order valence-electron chi connectivity index (χ0n) is 18.3. The molecule has 0 bridgehead atoms. The molecule has 1 aromatic heterocycles. The van der Waals surface area contributed by atoms with Gasteiger partial charge in [-0.25, -0.2) is 4.98 Å². The average Bonchev–Trinajstić information content (AvgIpc) is 2.82. The fourth-order valence-electron chi connectivity index (χ4n) is 3.30. The van der Waals surface area contributed by atoms with Gasteiger partial charge in [-0.3, -0.25) is 9.59 Å². The lowest BCUT2D eigenvalue weighted by Crippen LogP contribution is -2.18. The summed E-state index contributed by atoms with van der Waals surface area (Å²) in [5.41, 5.74) is 7.64. The minimum atomic E-state index is -0.540. The summed E-state index contributed by atoms with van der Waals surface area (Å²) in [7, 11) is 3.02. The molecule has 0 aliphatic carbocycles. The first-order valence-corrected chi connectivity index (χ1v) is 10.8. The molecule has 33 heavy (non-hydrogen) atoms. The van der Waals surface area contributed by atoms with E-state index in [-0.39, 0.29) is 16.9 Å². The Hall–Kier alpha value is -4.03. The van der Waals surface area contributed by atoms with Gasteiger partial charge in [0.05, 0.1) is 36.8 Å². The second-order valence-electron chi connectivity index (χ2n) is 6.88. The van der Waals surface area contributed by atoms with Crippen LogP contribution in [-0.2, 0) is 4.79 Å². The van der Waals surface area contributed by atoms with E-state index in [1.807, 2.05) is 6.07 Å². The predicted molar refractivity (Wildman–Crippen MR) is 127 cm³/mol. The highest BCUT2D eigenvalue weighted by Crippen LogP contribution is 2.39. The smallest absolute Gasteiger partial charge is 0.258 e. The molecule has 3 N–H and O–H groups in total. The number of aryl methyl sites for hydroxylation is 1. The number of amides is 2. The molecule has 0 spiro atoms. The number of nitrogens with two attached hydrogens (primary N) is 1. The van der Waals surface area contributed by atoms with Crippen molar-refractivity contribution >= 4 is 29.3 Å². The number of pyridine rings is 1. The topological polar surface area (TPSA) is 127 Å². The number of ether oxygens (including phenoxy) is 2. The molecule has 3 rings (SSSR count). The Bertz CT molecular complexity index is 1240. The summed E-state index contributed by atoms with van der Waals surface area (Å²) in [5.74, 6) is -0.0682. The van der Waals surface area contributed by atoms with Crippen molar-refractivity contribution in [3.63, 3.8) is 0 Å². The molecular weight excluding hydrogens is 440 g/mol. The highest BCUT2D eigenvalue weighted by atomic mass is 32.2. The Morgan fingerprint density at radius 3 is 2.42 bits per heavy atom. The van der Waals surface area contributed by atoms with Gasteiger partial charge < -0.3 is 20.5 Å². The maximum absolute atomic E-state index is 13.4. The molecule has 2 amide bonds. The lowest BCUT2D eigenvalue weighted by Gasteiger charge is -2.18. The largest absolute Gasteiger partial charge is 0.493 e. The minimum absolute atomic E-state index is 0.0535. The number of nitrogens with one attached hydrogen (secondary N) is 1. The summed E-state index contributed by atoms with van der Waals surface area (Å²) in [6.45, 7) is 1.68. The first kappa shape index (κ1) is 23.6. The molecule has 1 heterocycles. The van der Waals surface area contributed by atoms with Gasteiger partial charge in [0.25, 0.3) is 5.91 Å². The number of methoxy groups -OCH3 is 2. The average molecular weight is 463 g/mol. The normalized spacial score (nSPS) is 10.2. The molecule has 168 valence electrons. The monoisotopic (exact) mass is 462 g/mol. The van der Waals surface area contributed by atoms with Crippen LogP contribution in [-0.4, -0.2) is 36.8 Å². The molecular formula is C24H22N4O4S. The summed E-state index contributed by atoms with van der Waals surface area (Å²) in [6, 6.07) is 16.3. The fraction of sp³-hybridized carbons (Fsp3) is 0.167. The molecule has 9 heteroatoms. The van der Waals surface area contributed by atoms with Crippen LogP contribution < -0.4 is 20.5 Å². The third kappa shape index (κ3) is 5.25. The summed E-state index contributed by atoms with van der Waals surface area (Å²) in [4.78, 5) is 29.2. The number of thioether (sulfide) groups is 1. The molecule has 0 aliphatic heterocycles. The van der Waals surface area contributed by atoms with Crippen LogP contribution in [0.25, 0.3) is 11.1 Å². The number of nitriles is 1. The number of para-hydroxylation sites is 1. The molecule has 0 saturated heterocycles. The zero-order valence-corrected chi connectivity index (χ0v) is 19.2. The van der Waals surface area contributed by atoms with Gasteiger partial charge in [0.2, 0.25) is 5.91 Å². The van der Waals surface area contributed by atoms with Gasteiger partial charge in [-0.05, 0) is 36.8 Å². The van der Waals surface area contributed by atoms with Crippen molar-refractivity contribution in [2.45, 2.75) is 11.9 Å². The highest BCUT2D eigenvalue weighted by molar-refractivity contribution is 8.00. The predicted octanol–water partition coefficient (Wildman–Crippen LogP) is 3.78. The Kier molecular flexibility index (Phi) is 7.53. The van der Waals surface area contributed by atoms with Crippen molar-refractivity contribution in [1.82, 2.24) is 4.98 Å². The number of anilines is 1. The molecule has 0 radical (unpaired) electrons. The Morgan fingerprint density at radius 1 is 1.12 bits per heavy atom. The van der Waals surface area contributed by atoms with Crippen molar-refractivity contribution in [2.75, 3.05) is 25.3 Å². The van der Waals surface area contributed by atoms with Gasteiger partial charge in [0.15, 0.2) is 11.5 Å². The summed E-state index contributed by atoms with van der Waals surface area (Å²) in [6.07, 6.45) is 0. The number of hydrogen-bond acceptors (Lipinski definition) is 7. The second kappa shape index (κ2) is 10.5. The maximum atomic E-state index is 13.4. The van der Waals surface area contributed by atoms with E-state index in [0.717, 1.165) is 11.8 Å². The quantitative estimate of drug-likeness (QED) is 0.488. The van der Waals surface area contributed by atoms with Gasteiger partial charge in [-0.1, -0.05) is 36.0 Å². The van der Waals surface area contributed by atoms with E-state index >= 15 is 0 Å². The molecule has 0 saturated carbocycles. The minimum Gasteiger partial charge on any atom is -0.493 e. The number of primary amides is 1. The molecule has 0 unspecified atom stereocenters. The molecule has 0 aliphatic rings. The number of benzene rings is 2. The third-order valence-corrected chi connectivity index (χ3v) is 5.74. The van der Waals surface area contributed by atoms with Crippen molar-refractivity contribution in [3.8, 4) is 28.7 Å². The standard InChI is InChI=1S/C24H22N4O4S/c1-14-21(23(30)28-16-7-5-4-6-8-16)22(15-9-10-18(31-2)19(11-15)32-3)17(12-25)24(27-14)33-13-20(26)29/h4-11H,13H2,1-3H3,(H2,26,29)(H,28,30). The van der Waals surface area contributed by atoms with Gasteiger partial charge in [-0.15, -0.1) is 0 Å². The van der Waals surface area contributed by atoms with Crippen molar-refractivity contribution < 1.29 is 19.1 Å². The first-order valence-electron chi connectivity index (χ1n) is 9.84. The van der Waals surface area contributed by atoms with E-state index in [2.05, 4.69) is 16.4 Å². The van der Waals surface area contributed by atoms with Crippen molar-refractivity contribution in [1.29, 1.82) is 5.26 Å². The van der Waals surface area contributed by atoms with E-state index in [1.54, 1.807) is 49.4 Å². The van der Waals surface area contributed by atoms with Crippen LogP contribution in [0.5, 0.6) is 11.5 Å². The molecule has 0 atom stereocenters. The second-order valence-corrected chi connectivity index (χ2v) is 7.85. The van der Waals surface area contributed by atoms with Crippen molar-refractivity contribution in [3.05, 3.63) is 65.4 Å². The number of carbonyl (C=O) groups is 2. The number of hydrogen-bond donors (Lipinski definition) is 2. The van der Waals surface area contributed by atoms with E-state index in [0.29, 0.717) is 39.0 Å². The molecule has 3 aromatic rings. The lowest BCUT2D eigenvalue weighted by atomic mass is 9.94.